The number of aryl methyl sites for hydroxylation is 1. The number of para-hydroxylation sites is 1. The van der Waals surface area contributed by atoms with Crippen LogP contribution in [0.4, 0.5) is 17.1 Å². The third-order valence-corrected chi connectivity index (χ3v) is 5.97. The number of hydrogen-bond donors (Lipinski definition) is 3. The number of hydrogen-bond acceptors (Lipinski definition) is 3. The lowest BCUT2D eigenvalue weighted by molar-refractivity contribution is 0.601. The quantitative estimate of drug-likeness (QED) is 0.408. The van der Waals surface area contributed by atoms with Crippen LogP contribution in [0.5, 0.6) is 0 Å². The van der Waals surface area contributed by atoms with Crippen LogP contribution in [0.15, 0.2) is 71.6 Å². The van der Waals surface area contributed by atoms with Gasteiger partial charge in [0.05, 0.1) is 10.6 Å². The molecule has 0 bridgehead atoms. The molecule has 0 aromatic heterocycles. The summed E-state index contributed by atoms with van der Waals surface area (Å²) < 4.78 is 27.6. The Balaban J connectivity index is 1.69. The number of benzene rings is 3. The molecule has 150 valence electrons. The third-order valence-electron chi connectivity index (χ3n) is 3.93. The second-order valence-electron chi connectivity index (χ2n) is 6.18. The van der Waals surface area contributed by atoms with E-state index in [0.29, 0.717) is 20.8 Å². The maximum atomic E-state index is 12.6. The van der Waals surface area contributed by atoms with Gasteiger partial charge in [0.15, 0.2) is 5.11 Å². The van der Waals surface area contributed by atoms with Crippen LogP contribution >= 0.6 is 35.4 Å². The van der Waals surface area contributed by atoms with E-state index in [1.54, 1.807) is 12.1 Å². The first-order chi connectivity index (χ1) is 13.7. The molecule has 3 aromatic carbocycles. The van der Waals surface area contributed by atoms with Gasteiger partial charge in [0.25, 0.3) is 10.0 Å². The van der Waals surface area contributed by atoms with E-state index in [1.807, 2.05) is 31.2 Å². The fourth-order valence-corrected chi connectivity index (χ4v) is 4.34. The molecule has 0 radical (unpaired) electrons. The van der Waals surface area contributed by atoms with Crippen LogP contribution in [-0.2, 0) is 10.0 Å². The Morgan fingerprint density at radius 3 is 2.10 bits per heavy atom. The molecule has 0 saturated heterocycles. The zero-order valence-electron chi connectivity index (χ0n) is 15.2. The van der Waals surface area contributed by atoms with Crippen LogP contribution in [0.1, 0.15) is 5.56 Å². The highest BCUT2D eigenvalue weighted by Gasteiger charge is 2.15. The van der Waals surface area contributed by atoms with Gasteiger partial charge in [0.2, 0.25) is 0 Å². The van der Waals surface area contributed by atoms with Gasteiger partial charge in [-0.3, -0.25) is 4.72 Å². The molecular weight excluding hydrogens is 449 g/mol. The van der Waals surface area contributed by atoms with E-state index >= 15 is 0 Å². The molecule has 0 heterocycles. The van der Waals surface area contributed by atoms with Crippen molar-refractivity contribution < 1.29 is 8.42 Å². The van der Waals surface area contributed by atoms with Crippen molar-refractivity contribution in [3.8, 4) is 0 Å². The Bertz CT molecular complexity index is 1130. The molecule has 0 atom stereocenters. The van der Waals surface area contributed by atoms with Crippen molar-refractivity contribution in [3.63, 3.8) is 0 Å². The lowest BCUT2D eigenvalue weighted by atomic mass is 10.2. The largest absolute Gasteiger partial charge is 0.332 e. The zero-order chi connectivity index (χ0) is 21.0. The monoisotopic (exact) mass is 465 g/mol. The first-order valence-electron chi connectivity index (χ1n) is 8.45. The van der Waals surface area contributed by atoms with Crippen LogP contribution in [0.3, 0.4) is 0 Å². The van der Waals surface area contributed by atoms with Crippen LogP contribution < -0.4 is 15.4 Å². The molecule has 0 aliphatic carbocycles. The highest BCUT2D eigenvalue weighted by atomic mass is 35.5. The highest BCUT2D eigenvalue weighted by Crippen LogP contribution is 2.25. The molecule has 3 aromatic rings. The summed E-state index contributed by atoms with van der Waals surface area (Å²) in [6.45, 7) is 1.98. The molecule has 0 spiro atoms. The Morgan fingerprint density at radius 1 is 0.862 bits per heavy atom. The second-order valence-corrected chi connectivity index (χ2v) is 9.15. The number of thiocarbonyl (C=S) groups is 1. The van der Waals surface area contributed by atoms with Gasteiger partial charge in [-0.15, -0.1) is 0 Å². The molecule has 0 fully saturated rings. The Morgan fingerprint density at radius 2 is 1.48 bits per heavy atom. The van der Waals surface area contributed by atoms with E-state index in [9.17, 15) is 8.42 Å². The summed E-state index contributed by atoms with van der Waals surface area (Å²) in [5.41, 5.74) is 2.90. The second kappa shape index (κ2) is 9.00. The summed E-state index contributed by atoms with van der Waals surface area (Å²) in [5, 5.41) is 7.22. The smallest absolute Gasteiger partial charge is 0.261 e. The summed E-state index contributed by atoms with van der Waals surface area (Å²) in [5.74, 6) is 0. The van der Waals surface area contributed by atoms with Crippen molar-refractivity contribution in [1.29, 1.82) is 0 Å². The minimum Gasteiger partial charge on any atom is -0.332 e. The molecule has 0 saturated carbocycles. The average molecular weight is 466 g/mol. The molecule has 5 nitrogen and oxygen atoms in total. The van der Waals surface area contributed by atoms with Crippen LogP contribution in [0.25, 0.3) is 0 Å². The number of rotatable bonds is 5. The minimum absolute atomic E-state index is 0.0944. The van der Waals surface area contributed by atoms with Gasteiger partial charge in [-0.2, -0.15) is 0 Å². The van der Waals surface area contributed by atoms with Gasteiger partial charge in [-0.05, 0) is 73.2 Å². The molecule has 0 aliphatic heterocycles. The first-order valence-corrected chi connectivity index (χ1v) is 11.1. The molecule has 3 rings (SSSR count). The Hall–Kier alpha value is -2.32. The van der Waals surface area contributed by atoms with Crippen molar-refractivity contribution in [2.45, 2.75) is 11.8 Å². The SMILES string of the molecule is Cc1ccccc1NC(=S)Nc1ccc(S(=O)(=O)Nc2cc(Cl)cc(Cl)c2)cc1. The van der Waals surface area contributed by atoms with E-state index < -0.39 is 10.0 Å². The van der Waals surface area contributed by atoms with Gasteiger partial charge in [0.1, 0.15) is 0 Å². The van der Waals surface area contributed by atoms with Gasteiger partial charge < -0.3 is 10.6 Å². The molecular formula is C20H17Cl2N3O2S2. The van der Waals surface area contributed by atoms with Crippen molar-refractivity contribution in [2.24, 2.45) is 0 Å². The fraction of sp³-hybridized carbons (Fsp3) is 0.0500. The molecule has 0 unspecified atom stereocenters. The van der Waals surface area contributed by atoms with Gasteiger partial charge in [-0.1, -0.05) is 41.4 Å². The van der Waals surface area contributed by atoms with E-state index in [4.69, 9.17) is 35.4 Å². The van der Waals surface area contributed by atoms with Crippen LogP contribution in [-0.4, -0.2) is 13.5 Å². The van der Waals surface area contributed by atoms with Gasteiger partial charge in [0, 0.05) is 21.4 Å². The standard InChI is InChI=1S/C20H17Cl2N3O2S2/c1-13-4-2-3-5-19(13)24-20(28)23-16-6-8-18(9-7-16)29(26,27)25-17-11-14(21)10-15(22)12-17/h2-12,25H,1H3,(H2,23,24,28). The van der Waals surface area contributed by atoms with Crippen molar-refractivity contribution in [1.82, 2.24) is 0 Å². The average Bonchev–Trinajstić information content (AvgIpc) is 2.63. The number of sulfonamides is 1. The van der Waals surface area contributed by atoms with E-state index in [1.165, 1.54) is 30.3 Å². The topological polar surface area (TPSA) is 70.2 Å². The number of halogens is 2. The maximum absolute atomic E-state index is 12.6. The fourth-order valence-electron chi connectivity index (χ4n) is 2.54. The number of nitrogens with one attached hydrogen (secondary N) is 3. The van der Waals surface area contributed by atoms with Crippen molar-refractivity contribution in [3.05, 3.63) is 82.3 Å². The van der Waals surface area contributed by atoms with Crippen molar-refractivity contribution in [2.75, 3.05) is 15.4 Å². The van der Waals surface area contributed by atoms with E-state index in [2.05, 4.69) is 15.4 Å². The lowest BCUT2D eigenvalue weighted by Gasteiger charge is -2.13. The molecule has 0 amide bonds. The van der Waals surface area contributed by atoms with Gasteiger partial charge in [-0.25, -0.2) is 8.42 Å². The van der Waals surface area contributed by atoms with Gasteiger partial charge >= 0.3 is 0 Å². The number of anilines is 3. The normalized spacial score (nSPS) is 11.0. The maximum Gasteiger partial charge on any atom is 0.261 e. The molecule has 0 aliphatic rings. The summed E-state index contributed by atoms with van der Waals surface area (Å²) >= 11 is 17.1. The summed E-state index contributed by atoms with van der Waals surface area (Å²) in [4.78, 5) is 0.0944. The lowest BCUT2D eigenvalue weighted by Crippen LogP contribution is -2.19. The Kier molecular flexibility index (Phi) is 6.64. The predicted octanol–water partition coefficient (Wildman–Crippen LogP) is 5.91. The molecule has 29 heavy (non-hydrogen) atoms. The van der Waals surface area contributed by atoms with Crippen LogP contribution in [0.2, 0.25) is 10.0 Å². The predicted molar refractivity (Wildman–Crippen MR) is 125 cm³/mol. The van der Waals surface area contributed by atoms with E-state index in [0.717, 1.165) is 11.3 Å². The minimum atomic E-state index is -3.79. The summed E-state index contributed by atoms with van der Waals surface area (Å²) in [6, 6.07) is 18.5. The highest BCUT2D eigenvalue weighted by molar-refractivity contribution is 7.92. The first kappa shape index (κ1) is 21.4. The Labute approximate surface area is 185 Å². The van der Waals surface area contributed by atoms with Crippen LogP contribution in [0, 0.1) is 6.92 Å². The zero-order valence-corrected chi connectivity index (χ0v) is 18.4. The molecule has 3 N–H and O–H groups in total. The van der Waals surface area contributed by atoms with E-state index in [-0.39, 0.29) is 10.6 Å². The third kappa shape index (κ3) is 5.83. The van der Waals surface area contributed by atoms with Crippen molar-refractivity contribution >= 4 is 67.6 Å². The summed E-state index contributed by atoms with van der Waals surface area (Å²) in [6.07, 6.45) is 0. The molecule has 9 heteroatoms. The summed E-state index contributed by atoms with van der Waals surface area (Å²) in [7, 11) is -3.79.